The van der Waals surface area contributed by atoms with Crippen molar-refractivity contribution in [1.29, 1.82) is 0 Å². The lowest BCUT2D eigenvalue weighted by atomic mass is 10.1. The van der Waals surface area contributed by atoms with Crippen LogP contribution in [0, 0.1) is 0 Å². The summed E-state index contributed by atoms with van der Waals surface area (Å²) in [4.78, 5) is 11.2. The first kappa shape index (κ1) is 11.9. The second kappa shape index (κ2) is 4.57. The van der Waals surface area contributed by atoms with Crippen LogP contribution in [0.2, 0.25) is 0 Å². The van der Waals surface area contributed by atoms with Crippen molar-refractivity contribution in [3.63, 3.8) is 0 Å². The molecular formula is C12H18N8. The molecule has 0 amide bonds. The standard InChI is InChI=1S/C12H18N8/c13-18-12-16-10(7-6-14-19-11(7)17-12)15-8-3-5-20-4-1-2-9(8)20/h6,8-9H,1-5,13H2,(H3,14,15,16,17,18,19). The molecule has 2 unspecified atom stereocenters. The van der Waals surface area contributed by atoms with Gasteiger partial charge in [-0.2, -0.15) is 15.1 Å². The van der Waals surface area contributed by atoms with E-state index in [9.17, 15) is 0 Å². The highest BCUT2D eigenvalue weighted by Gasteiger charge is 2.37. The zero-order valence-corrected chi connectivity index (χ0v) is 11.1. The minimum atomic E-state index is 0.394. The maximum absolute atomic E-state index is 5.43. The van der Waals surface area contributed by atoms with E-state index in [1.165, 1.54) is 25.9 Å². The van der Waals surface area contributed by atoms with Gasteiger partial charge in [-0.1, -0.05) is 0 Å². The van der Waals surface area contributed by atoms with Gasteiger partial charge >= 0.3 is 0 Å². The van der Waals surface area contributed by atoms with Crippen LogP contribution in [-0.4, -0.2) is 50.2 Å². The lowest BCUT2D eigenvalue weighted by Gasteiger charge is -2.22. The summed E-state index contributed by atoms with van der Waals surface area (Å²) in [7, 11) is 0. The molecule has 20 heavy (non-hydrogen) atoms. The van der Waals surface area contributed by atoms with Crippen molar-refractivity contribution < 1.29 is 0 Å². The van der Waals surface area contributed by atoms with Crippen molar-refractivity contribution in [2.75, 3.05) is 23.8 Å². The Labute approximate surface area is 116 Å². The fourth-order valence-corrected chi connectivity index (χ4v) is 3.44. The predicted molar refractivity (Wildman–Crippen MR) is 76.1 cm³/mol. The molecule has 2 saturated heterocycles. The van der Waals surface area contributed by atoms with E-state index in [2.05, 4.69) is 35.8 Å². The third-order valence-electron chi connectivity index (χ3n) is 4.37. The molecule has 2 fully saturated rings. The highest BCUT2D eigenvalue weighted by molar-refractivity contribution is 5.87. The van der Waals surface area contributed by atoms with Crippen molar-refractivity contribution in [3.05, 3.63) is 6.20 Å². The quantitative estimate of drug-likeness (QED) is 0.470. The number of aromatic nitrogens is 4. The van der Waals surface area contributed by atoms with E-state index in [1.807, 2.05) is 0 Å². The first-order chi connectivity index (χ1) is 9.85. The average molecular weight is 274 g/mol. The van der Waals surface area contributed by atoms with Crippen molar-refractivity contribution in [2.45, 2.75) is 31.3 Å². The fourth-order valence-electron chi connectivity index (χ4n) is 3.44. The molecule has 0 bridgehead atoms. The third-order valence-corrected chi connectivity index (χ3v) is 4.37. The van der Waals surface area contributed by atoms with E-state index in [0.717, 1.165) is 17.6 Å². The molecule has 0 aromatic carbocycles. The Balaban J connectivity index is 1.66. The van der Waals surface area contributed by atoms with Gasteiger partial charge in [0.25, 0.3) is 0 Å². The molecule has 4 rings (SSSR count). The minimum absolute atomic E-state index is 0.394. The van der Waals surface area contributed by atoms with Crippen LogP contribution in [0.4, 0.5) is 11.8 Å². The molecule has 5 N–H and O–H groups in total. The fraction of sp³-hybridized carbons (Fsp3) is 0.583. The Morgan fingerprint density at radius 1 is 1.30 bits per heavy atom. The minimum Gasteiger partial charge on any atom is -0.365 e. The summed E-state index contributed by atoms with van der Waals surface area (Å²) in [6.45, 7) is 2.40. The van der Waals surface area contributed by atoms with Crippen LogP contribution in [0.3, 0.4) is 0 Å². The van der Waals surface area contributed by atoms with Gasteiger partial charge in [0.15, 0.2) is 5.65 Å². The maximum atomic E-state index is 5.43. The second-order valence-electron chi connectivity index (χ2n) is 5.46. The van der Waals surface area contributed by atoms with Crippen LogP contribution in [0.25, 0.3) is 11.0 Å². The highest BCUT2D eigenvalue weighted by atomic mass is 15.3. The summed E-state index contributed by atoms with van der Waals surface area (Å²) in [6, 6.07) is 1.07. The van der Waals surface area contributed by atoms with Crippen LogP contribution < -0.4 is 16.6 Å². The largest absolute Gasteiger partial charge is 0.365 e. The van der Waals surface area contributed by atoms with Crippen LogP contribution in [-0.2, 0) is 0 Å². The molecule has 0 saturated carbocycles. The third kappa shape index (κ3) is 1.80. The normalized spacial score (nSPS) is 26.1. The number of nitrogen functional groups attached to an aromatic ring is 1. The van der Waals surface area contributed by atoms with Gasteiger partial charge in [-0.05, 0) is 25.8 Å². The van der Waals surface area contributed by atoms with E-state index in [-0.39, 0.29) is 0 Å². The monoisotopic (exact) mass is 274 g/mol. The molecular weight excluding hydrogens is 256 g/mol. The molecule has 8 nitrogen and oxygen atoms in total. The SMILES string of the molecule is NNc1nc(NC2CCN3CCCC23)c2cn[nH]c2n1. The molecule has 2 aromatic rings. The summed E-state index contributed by atoms with van der Waals surface area (Å²) < 4.78 is 0. The number of nitrogens with zero attached hydrogens (tertiary/aromatic N) is 4. The van der Waals surface area contributed by atoms with E-state index in [4.69, 9.17) is 5.84 Å². The van der Waals surface area contributed by atoms with Gasteiger partial charge in [-0.25, -0.2) is 5.84 Å². The number of hydrazine groups is 1. The zero-order valence-electron chi connectivity index (χ0n) is 11.1. The van der Waals surface area contributed by atoms with Crippen molar-refractivity contribution >= 4 is 22.8 Å². The average Bonchev–Trinajstić information content (AvgIpc) is 3.15. The van der Waals surface area contributed by atoms with E-state index in [1.54, 1.807) is 6.20 Å². The topological polar surface area (TPSA) is 108 Å². The number of anilines is 2. The molecule has 0 radical (unpaired) electrons. The summed E-state index contributed by atoms with van der Waals surface area (Å²) in [5, 5.41) is 11.4. The smallest absolute Gasteiger partial charge is 0.241 e. The molecule has 2 aromatic heterocycles. The van der Waals surface area contributed by atoms with Gasteiger partial charge in [-0.15, -0.1) is 0 Å². The molecule has 4 heterocycles. The van der Waals surface area contributed by atoms with Crippen molar-refractivity contribution in [2.24, 2.45) is 5.84 Å². The first-order valence-electron chi connectivity index (χ1n) is 7.03. The van der Waals surface area contributed by atoms with Crippen LogP contribution in [0.15, 0.2) is 6.20 Å². The van der Waals surface area contributed by atoms with Gasteiger partial charge < -0.3 is 5.32 Å². The molecule has 106 valence electrons. The lowest BCUT2D eigenvalue weighted by molar-refractivity contribution is 0.318. The van der Waals surface area contributed by atoms with Gasteiger partial charge in [-0.3, -0.25) is 15.4 Å². The Morgan fingerprint density at radius 2 is 2.25 bits per heavy atom. The van der Waals surface area contributed by atoms with Crippen LogP contribution in [0.1, 0.15) is 19.3 Å². The number of hydrogen-bond acceptors (Lipinski definition) is 7. The summed E-state index contributed by atoms with van der Waals surface area (Å²) in [5.74, 6) is 6.62. The van der Waals surface area contributed by atoms with E-state index < -0.39 is 0 Å². The number of nitrogens with one attached hydrogen (secondary N) is 3. The molecule has 2 atom stereocenters. The summed E-state index contributed by atoms with van der Waals surface area (Å²) >= 11 is 0. The van der Waals surface area contributed by atoms with Crippen molar-refractivity contribution in [1.82, 2.24) is 25.1 Å². The molecule has 2 aliphatic heterocycles. The zero-order chi connectivity index (χ0) is 13.5. The molecule has 0 spiro atoms. The van der Waals surface area contributed by atoms with E-state index in [0.29, 0.717) is 23.7 Å². The Morgan fingerprint density at radius 3 is 3.15 bits per heavy atom. The van der Waals surface area contributed by atoms with Gasteiger partial charge in [0.1, 0.15) is 5.82 Å². The van der Waals surface area contributed by atoms with Gasteiger partial charge in [0, 0.05) is 18.6 Å². The molecule has 2 aliphatic rings. The maximum Gasteiger partial charge on any atom is 0.241 e. The van der Waals surface area contributed by atoms with E-state index >= 15 is 0 Å². The Bertz CT molecular complexity index is 623. The number of H-pyrrole nitrogens is 1. The Kier molecular flexibility index (Phi) is 2.71. The van der Waals surface area contributed by atoms with Crippen molar-refractivity contribution in [3.8, 4) is 0 Å². The first-order valence-corrected chi connectivity index (χ1v) is 7.03. The van der Waals surface area contributed by atoms with Gasteiger partial charge in [0.2, 0.25) is 5.95 Å². The van der Waals surface area contributed by atoms with Gasteiger partial charge in [0.05, 0.1) is 11.6 Å². The predicted octanol–water partition coefficient (Wildman–Crippen LogP) is 0.287. The van der Waals surface area contributed by atoms with Crippen LogP contribution >= 0.6 is 0 Å². The van der Waals surface area contributed by atoms with Crippen LogP contribution in [0.5, 0.6) is 0 Å². The summed E-state index contributed by atoms with van der Waals surface area (Å²) in [5.41, 5.74) is 3.19. The lowest BCUT2D eigenvalue weighted by Crippen LogP contribution is -2.34. The second-order valence-corrected chi connectivity index (χ2v) is 5.46. The number of hydrogen-bond donors (Lipinski definition) is 4. The molecule has 0 aliphatic carbocycles. The molecule has 8 heteroatoms. The highest BCUT2D eigenvalue weighted by Crippen LogP contribution is 2.31. The number of nitrogens with two attached hydrogens (primary N) is 1. The Hall–Kier alpha value is -1.93. The summed E-state index contributed by atoms with van der Waals surface area (Å²) in [6.07, 6.45) is 5.46. The number of aromatic amines is 1. The number of rotatable bonds is 3. The number of fused-ring (bicyclic) bond motifs is 2.